The second-order valence-electron chi connectivity index (χ2n) is 4.12. The number of alkyl halides is 3. The SMILES string of the molecule is CCCNCc1ccc(S(=O)(=O)NCC(F)(F)F)nc1. The first kappa shape index (κ1) is 16.9. The first-order valence-electron chi connectivity index (χ1n) is 5.96. The zero-order valence-electron chi connectivity index (χ0n) is 10.9. The zero-order chi connectivity index (χ0) is 15.2. The Morgan fingerprint density at radius 3 is 2.50 bits per heavy atom. The van der Waals surface area contributed by atoms with Crippen molar-refractivity contribution in [2.24, 2.45) is 0 Å². The molecule has 114 valence electrons. The van der Waals surface area contributed by atoms with E-state index in [1.54, 1.807) is 0 Å². The maximum Gasteiger partial charge on any atom is 0.402 e. The van der Waals surface area contributed by atoms with E-state index in [9.17, 15) is 21.6 Å². The first-order valence-corrected chi connectivity index (χ1v) is 7.45. The molecule has 1 rings (SSSR count). The van der Waals surface area contributed by atoms with Gasteiger partial charge in [-0.2, -0.15) is 13.2 Å². The fraction of sp³-hybridized carbons (Fsp3) is 0.545. The maximum absolute atomic E-state index is 12.0. The first-order chi connectivity index (χ1) is 9.24. The molecule has 0 saturated heterocycles. The Morgan fingerprint density at radius 2 is 2.00 bits per heavy atom. The molecule has 1 aromatic heterocycles. The summed E-state index contributed by atoms with van der Waals surface area (Å²) in [6.07, 6.45) is -2.32. The number of aromatic nitrogens is 1. The Bertz CT molecular complexity index is 515. The van der Waals surface area contributed by atoms with Gasteiger partial charge in [-0.1, -0.05) is 13.0 Å². The van der Waals surface area contributed by atoms with Crippen LogP contribution in [0.25, 0.3) is 0 Å². The average molecular weight is 311 g/mol. The van der Waals surface area contributed by atoms with E-state index >= 15 is 0 Å². The number of hydrogen-bond acceptors (Lipinski definition) is 4. The molecular formula is C11H16F3N3O2S. The molecule has 20 heavy (non-hydrogen) atoms. The standard InChI is InChI=1S/C11H16F3N3O2S/c1-2-5-15-6-9-3-4-10(16-7-9)20(18,19)17-8-11(12,13)14/h3-4,7,15,17H,2,5-6,8H2,1H3. The minimum atomic E-state index is -4.60. The number of rotatable bonds is 7. The van der Waals surface area contributed by atoms with E-state index in [1.165, 1.54) is 23.1 Å². The molecule has 0 aromatic carbocycles. The second-order valence-corrected chi connectivity index (χ2v) is 5.84. The lowest BCUT2D eigenvalue weighted by molar-refractivity contribution is -0.121. The summed E-state index contributed by atoms with van der Waals surface area (Å²) in [5.41, 5.74) is 0.758. The average Bonchev–Trinajstić information content (AvgIpc) is 2.37. The Hall–Kier alpha value is -1.19. The largest absolute Gasteiger partial charge is 0.402 e. The Morgan fingerprint density at radius 1 is 1.30 bits per heavy atom. The van der Waals surface area contributed by atoms with Crippen LogP contribution in [0.5, 0.6) is 0 Å². The van der Waals surface area contributed by atoms with Crippen molar-refractivity contribution >= 4 is 10.0 Å². The molecule has 5 nitrogen and oxygen atoms in total. The molecule has 0 aliphatic rings. The van der Waals surface area contributed by atoms with Crippen LogP contribution in [0.4, 0.5) is 13.2 Å². The molecule has 0 atom stereocenters. The van der Waals surface area contributed by atoms with Gasteiger partial charge in [0.2, 0.25) is 0 Å². The molecule has 9 heteroatoms. The Balaban J connectivity index is 2.67. The molecule has 0 saturated carbocycles. The van der Waals surface area contributed by atoms with Crippen LogP contribution in [0.1, 0.15) is 18.9 Å². The molecule has 0 aliphatic carbocycles. The summed E-state index contributed by atoms with van der Waals surface area (Å²) >= 11 is 0. The highest BCUT2D eigenvalue weighted by Crippen LogP contribution is 2.14. The van der Waals surface area contributed by atoms with E-state index in [1.807, 2.05) is 6.92 Å². The van der Waals surface area contributed by atoms with E-state index in [-0.39, 0.29) is 0 Å². The molecule has 2 N–H and O–H groups in total. The van der Waals surface area contributed by atoms with Crippen molar-refractivity contribution in [3.63, 3.8) is 0 Å². The van der Waals surface area contributed by atoms with Crippen molar-refractivity contribution in [2.75, 3.05) is 13.1 Å². The van der Waals surface area contributed by atoms with Gasteiger partial charge in [-0.25, -0.2) is 18.1 Å². The van der Waals surface area contributed by atoms with Gasteiger partial charge in [-0.15, -0.1) is 0 Å². The zero-order valence-corrected chi connectivity index (χ0v) is 11.7. The smallest absolute Gasteiger partial charge is 0.313 e. The predicted molar refractivity (Wildman–Crippen MR) is 67.5 cm³/mol. The topological polar surface area (TPSA) is 71.1 Å². The molecule has 1 aromatic rings. The van der Waals surface area contributed by atoms with Gasteiger partial charge in [-0.3, -0.25) is 0 Å². The predicted octanol–water partition coefficient (Wildman–Crippen LogP) is 1.42. The highest BCUT2D eigenvalue weighted by Gasteiger charge is 2.30. The monoisotopic (exact) mass is 311 g/mol. The third-order valence-electron chi connectivity index (χ3n) is 2.29. The fourth-order valence-electron chi connectivity index (χ4n) is 1.33. The summed E-state index contributed by atoms with van der Waals surface area (Å²) in [4.78, 5) is 3.67. The summed E-state index contributed by atoms with van der Waals surface area (Å²) in [6.45, 7) is 1.73. The molecule has 0 fully saturated rings. The lowest BCUT2D eigenvalue weighted by Crippen LogP contribution is -2.34. The van der Waals surface area contributed by atoms with Crippen LogP contribution < -0.4 is 10.0 Å². The highest BCUT2D eigenvalue weighted by atomic mass is 32.2. The number of nitrogens with one attached hydrogen (secondary N) is 2. The van der Waals surface area contributed by atoms with Crippen molar-refractivity contribution in [1.29, 1.82) is 0 Å². The van der Waals surface area contributed by atoms with Gasteiger partial charge in [0.25, 0.3) is 10.0 Å². The number of pyridine rings is 1. The van der Waals surface area contributed by atoms with Crippen LogP contribution in [0.15, 0.2) is 23.4 Å². The van der Waals surface area contributed by atoms with Crippen LogP contribution in [0.2, 0.25) is 0 Å². The minimum absolute atomic E-state index is 0.430. The molecule has 0 aliphatic heterocycles. The fourth-order valence-corrected chi connectivity index (χ4v) is 2.27. The Labute approximate surface area is 115 Å². The number of sulfonamides is 1. The van der Waals surface area contributed by atoms with Gasteiger partial charge < -0.3 is 5.32 Å². The van der Waals surface area contributed by atoms with Crippen LogP contribution in [0.3, 0.4) is 0 Å². The molecule has 0 spiro atoms. The Kier molecular flexibility index (Phi) is 5.90. The third kappa shape index (κ3) is 5.85. The maximum atomic E-state index is 12.0. The van der Waals surface area contributed by atoms with Crippen LogP contribution >= 0.6 is 0 Å². The summed E-state index contributed by atoms with van der Waals surface area (Å²) in [5.74, 6) is 0. The van der Waals surface area contributed by atoms with E-state index in [4.69, 9.17) is 0 Å². The molecule has 0 unspecified atom stereocenters. The normalized spacial score (nSPS) is 12.6. The molecular weight excluding hydrogens is 295 g/mol. The van der Waals surface area contributed by atoms with Crippen LogP contribution in [-0.4, -0.2) is 32.7 Å². The number of hydrogen-bond donors (Lipinski definition) is 2. The lowest BCUT2D eigenvalue weighted by atomic mass is 10.3. The second kappa shape index (κ2) is 7.00. The van der Waals surface area contributed by atoms with Crippen LogP contribution in [0, 0.1) is 0 Å². The minimum Gasteiger partial charge on any atom is -0.313 e. The highest BCUT2D eigenvalue weighted by molar-refractivity contribution is 7.89. The van der Waals surface area contributed by atoms with Crippen LogP contribution in [-0.2, 0) is 16.6 Å². The number of nitrogens with zero attached hydrogens (tertiary/aromatic N) is 1. The van der Waals surface area contributed by atoms with Crippen molar-refractivity contribution in [3.05, 3.63) is 23.9 Å². The summed E-state index contributed by atoms with van der Waals surface area (Å²) in [5, 5.41) is 2.67. The van der Waals surface area contributed by atoms with Gasteiger partial charge in [0.15, 0.2) is 5.03 Å². The van der Waals surface area contributed by atoms with Gasteiger partial charge in [0.1, 0.15) is 6.54 Å². The molecule has 0 radical (unpaired) electrons. The van der Waals surface area contributed by atoms with E-state index in [0.717, 1.165) is 18.5 Å². The van der Waals surface area contributed by atoms with Gasteiger partial charge in [-0.05, 0) is 24.6 Å². The third-order valence-corrected chi connectivity index (χ3v) is 3.61. The van der Waals surface area contributed by atoms with E-state index in [0.29, 0.717) is 6.54 Å². The van der Waals surface area contributed by atoms with Gasteiger partial charge in [0.05, 0.1) is 0 Å². The summed E-state index contributed by atoms with van der Waals surface area (Å²) < 4.78 is 60.5. The van der Waals surface area contributed by atoms with E-state index in [2.05, 4.69) is 10.3 Å². The molecule has 0 bridgehead atoms. The molecule has 0 amide bonds. The van der Waals surface area contributed by atoms with Crippen molar-refractivity contribution in [2.45, 2.75) is 31.1 Å². The van der Waals surface area contributed by atoms with Crippen molar-refractivity contribution in [3.8, 4) is 0 Å². The van der Waals surface area contributed by atoms with Crippen molar-refractivity contribution < 1.29 is 21.6 Å². The summed E-state index contributed by atoms with van der Waals surface area (Å²) in [7, 11) is -4.24. The van der Waals surface area contributed by atoms with Gasteiger partial charge in [0, 0.05) is 12.7 Å². The lowest BCUT2D eigenvalue weighted by Gasteiger charge is -2.09. The molecule has 1 heterocycles. The van der Waals surface area contributed by atoms with Gasteiger partial charge >= 0.3 is 6.18 Å². The summed E-state index contributed by atoms with van der Waals surface area (Å²) in [6, 6.07) is 2.69. The number of halogens is 3. The van der Waals surface area contributed by atoms with Crippen molar-refractivity contribution in [1.82, 2.24) is 15.0 Å². The quantitative estimate of drug-likeness (QED) is 0.747. The van der Waals surface area contributed by atoms with E-state index < -0.39 is 27.8 Å².